The predicted octanol–water partition coefficient (Wildman–Crippen LogP) is 1.37. The molecule has 23 heavy (non-hydrogen) atoms. The van der Waals surface area contributed by atoms with Crippen LogP contribution in [0.5, 0.6) is 0 Å². The van der Waals surface area contributed by atoms with E-state index in [-0.39, 0.29) is 17.7 Å². The minimum absolute atomic E-state index is 0.0355. The lowest BCUT2D eigenvalue weighted by Crippen LogP contribution is -2.47. The van der Waals surface area contributed by atoms with Gasteiger partial charge in [0.05, 0.1) is 12.3 Å². The number of sulfonamides is 1. The fourth-order valence-corrected chi connectivity index (χ4v) is 3.87. The van der Waals surface area contributed by atoms with Crippen molar-refractivity contribution in [3.63, 3.8) is 0 Å². The first-order valence-electron chi connectivity index (χ1n) is 7.95. The van der Waals surface area contributed by atoms with Crippen LogP contribution in [0, 0.1) is 0 Å². The van der Waals surface area contributed by atoms with Crippen molar-refractivity contribution >= 4 is 21.6 Å². The van der Waals surface area contributed by atoms with Gasteiger partial charge < -0.3 is 5.32 Å². The van der Waals surface area contributed by atoms with Gasteiger partial charge in [-0.15, -0.1) is 0 Å². The molecule has 1 aromatic rings. The maximum absolute atomic E-state index is 12.0. The summed E-state index contributed by atoms with van der Waals surface area (Å²) in [4.78, 5) is 14.1. The number of anilines is 1. The molecule has 1 N–H and O–H groups in total. The van der Waals surface area contributed by atoms with E-state index in [1.807, 2.05) is 30.3 Å². The highest BCUT2D eigenvalue weighted by Gasteiger charge is 2.29. The third-order valence-corrected chi connectivity index (χ3v) is 6.20. The second-order valence-electron chi connectivity index (χ2n) is 5.84. The minimum Gasteiger partial charge on any atom is -0.325 e. The van der Waals surface area contributed by atoms with Crippen LogP contribution in [-0.4, -0.2) is 62.0 Å². The van der Waals surface area contributed by atoms with Crippen LogP contribution >= 0.6 is 0 Å². The van der Waals surface area contributed by atoms with Gasteiger partial charge in [-0.25, -0.2) is 12.7 Å². The Bertz CT molecular complexity index is 611. The molecular weight excluding hydrogens is 314 g/mol. The second-order valence-corrected chi connectivity index (χ2v) is 8.16. The van der Waals surface area contributed by atoms with Crippen molar-refractivity contribution in [3.05, 3.63) is 30.3 Å². The first kappa shape index (κ1) is 17.9. The summed E-state index contributed by atoms with van der Waals surface area (Å²) in [5.41, 5.74) is 0.793. The van der Waals surface area contributed by atoms with Crippen LogP contribution in [0.1, 0.15) is 19.8 Å². The Kier molecular flexibility index (Phi) is 6.15. The number of rotatable bonds is 6. The molecule has 7 heteroatoms. The Morgan fingerprint density at radius 3 is 2.43 bits per heavy atom. The van der Waals surface area contributed by atoms with Gasteiger partial charge in [-0.1, -0.05) is 18.2 Å². The average molecular weight is 339 g/mol. The lowest BCUT2D eigenvalue weighted by Gasteiger charge is -2.35. The summed E-state index contributed by atoms with van der Waals surface area (Å²) >= 11 is 0. The van der Waals surface area contributed by atoms with Crippen molar-refractivity contribution < 1.29 is 13.2 Å². The van der Waals surface area contributed by atoms with Crippen LogP contribution in [0.15, 0.2) is 30.3 Å². The quantitative estimate of drug-likeness (QED) is 0.850. The van der Waals surface area contributed by atoms with Crippen LogP contribution in [0.3, 0.4) is 0 Å². The summed E-state index contributed by atoms with van der Waals surface area (Å²) in [5, 5.41) is 2.87. The number of likely N-dealkylation sites (tertiary alicyclic amines) is 1. The number of hydrogen-bond donors (Lipinski definition) is 1. The smallest absolute Gasteiger partial charge is 0.238 e. The van der Waals surface area contributed by atoms with E-state index in [0.717, 1.165) is 31.6 Å². The summed E-state index contributed by atoms with van der Waals surface area (Å²) in [6, 6.07) is 9.41. The molecule has 6 nitrogen and oxygen atoms in total. The summed E-state index contributed by atoms with van der Waals surface area (Å²) in [7, 11) is -1.49. The predicted molar refractivity (Wildman–Crippen MR) is 91.8 cm³/mol. The number of hydrogen-bond acceptors (Lipinski definition) is 4. The zero-order chi connectivity index (χ0) is 16.9. The lowest BCUT2D eigenvalue weighted by atomic mass is 10.1. The Morgan fingerprint density at radius 1 is 1.26 bits per heavy atom. The number of piperidine rings is 1. The summed E-state index contributed by atoms with van der Waals surface area (Å²) in [6.07, 6.45) is 1.52. The van der Waals surface area contributed by atoms with Crippen LogP contribution in [0.25, 0.3) is 0 Å². The molecule has 1 amide bonds. The number of carbonyl (C=O) groups excluding carboxylic acids is 1. The molecule has 1 saturated heterocycles. The molecule has 1 fully saturated rings. The standard InChI is InChI=1S/C16H25N3O3S/c1-3-23(21,22)18(2)15-9-11-19(12-10-15)13-16(20)17-14-7-5-4-6-8-14/h4-8,15H,3,9-13H2,1-2H3,(H,17,20). The van der Waals surface area contributed by atoms with E-state index in [1.165, 1.54) is 4.31 Å². The van der Waals surface area contributed by atoms with Crippen molar-refractivity contribution in [1.82, 2.24) is 9.21 Å². The first-order chi connectivity index (χ1) is 10.9. The highest BCUT2D eigenvalue weighted by Crippen LogP contribution is 2.18. The number of nitrogens with zero attached hydrogens (tertiary/aromatic N) is 2. The number of para-hydroxylation sites is 1. The molecule has 0 spiro atoms. The lowest BCUT2D eigenvalue weighted by molar-refractivity contribution is -0.117. The molecule has 1 aliphatic rings. The first-order valence-corrected chi connectivity index (χ1v) is 9.56. The van der Waals surface area contributed by atoms with Gasteiger partial charge in [-0.2, -0.15) is 0 Å². The number of carbonyl (C=O) groups is 1. The molecule has 0 aliphatic carbocycles. The highest BCUT2D eigenvalue weighted by atomic mass is 32.2. The monoisotopic (exact) mass is 339 g/mol. The van der Waals surface area contributed by atoms with Gasteiger partial charge >= 0.3 is 0 Å². The van der Waals surface area contributed by atoms with E-state index < -0.39 is 10.0 Å². The SMILES string of the molecule is CCS(=O)(=O)N(C)C1CCN(CC(=O)Nc2ccccc2)CC1. The summed E-state index contributed by atoms with van der Waals surface area (Å²) < 4.78 is 25.3. The van der Waals surface area contributed by atoms with Crippen molar-refractivity contribution in [2.45, 2.75) is 25.8 Å². The third kappa shape index (κ3) is 5.02. The molecule has 1 heterocycles. The number of benzene rings is 1. The Labute approximate surface area is 138 Å². The molecule has 128 valence electrons. The highest BCUT2D eigenvalue weighted by molar-refractivity contribution is 7.89. The van der Waals surface area contributed by atoms with E-state index in [0.29, 0.717) is 6.54 Å². The molecule has 1 aliphatic heterocycles. The van der Waals surface area contributed by atoms with Gasteiger partial charge in [0.2, 0.25) is 15.9 Å². The van der Waals surface area contributed by atoms with Gasteiger partial charge in [0, 0.05) is 31.9 Å². The Morgan fingerprint density at radius 2 is 1.87 bits per heavy atom. The Balaban J connectivity index is 1.80. The number of amides is 1. The van der Waals surface area contributed by atoms with E-state index in [9.17, 15) is 13.2 Å². The van der Waals surface area contributed by atoms with Crippen LogP contribution < -0.4 is 5.32 Å². The van der Waals surface area contributed by atoms with E-state index in [1.54, 1.807) is 14.0 Å². The molecular formula is C16H25N3O3S. The van der Waals surface area contributed by atoms with E-state index in [2.05, 4.69) is 10.2 Å². The van der Waals surface area contributed by atoms with Gasteiger partial charge in [-0.3, -0.25) is 9.69 Å². The molecule has 0 unspecified atom stereocenters. The fourth-order valence-electron chi connectivity index (χ4n) is 2.80. The zero-order valence-corrected chi connectivity index (χ0v) is 14.6. The molecule has 0 radical (unpaired) electrons. The minimum atomic E-state index is -3.14. The van der Waals surface area contributed by atoms with Crippen molar-refractivity contribution in [2.24, 2.45) is 0 Å². The normalized spacial score (nSPS) is 17.3. The molecule has 0 bridgehead atoms. The van der Waals surface area contributed by atoms with Crippen molar-refractivity contribution in [3.8, 4) is 0 Å². The number of nitrogens with one attached hydrogen (secondary N) is 1. The molecule has 0 atom stereocenters. The largest absolute Gasteiger partial charge is 0.325 e. The summed E-state index contributed by atoms with van der Waals surface area (Å²) in [6.45, 7) is 3.47. The van der Waals surface area contributed by atoms with Crippen molar-refractivity contribution in [1.29, 1.82) is 0 Å². The maximum atomic E-state index is 12.0. The van der Waals surface area contributed by atoms with Crippen molar-refractivity contribution in [2.75, 3.05) is 37.8 Å². The molecule has 1 aromatic carbocycles. The zero-order valence-electron chi connectivity index (χ0n) is 13.7. The second kappa shape index (κ2) is 7.90. The van der Waals surface area contributed by atoms with Gasteiger partial charge in [0.1, 0.15) is 0 Å². The van der Waals surface area contributed by atoms with Crippen LogP contribution in [0.2, 0.25) is 0 Å². The van der Waals surface area contributed by atoms with Crippen LogP contribution in [0.4, 0.5) is 5.69 Å². The maximum Gasteiger partial charge on any atom is 0.238 e. The molecule has 2 rings (SSSR count). The molecule has 0 aromatic heterocycles. The Hall–Kier alpha value is -1.44. The van der Waals surface area contributed by atoms with E-state index in [4.69, 9.17) is 0 Å². The topological polar surface area (TPSA) is 69.7 Å². The van der Waals surface area contributed by atoms with Gasteiger partial charge in [-0.05, 0) is 31.9 Å². The third-order valence-electron chi connectivity index (χ3n) is 4.30. The van der Waals surface area contributed by atoms with Gasteiger partial charge in [0.15, 0.2) is 0 Å². The van der Waals surface area contributed by atoms with E-state index >= 15 is 0 Å². The molecule has 0 saturated carbocycles. The van der Waals surface area contributed by atoms with Crippen LogP contribution in [-0.2, 0) is 14.8 Å². The van der Waals surface area contributed by atoms with Gasteiger partial charge in [0.25, 0.3) is 0 Å². The fraction of sp³-hybridized carbons (Fsp3) is 0.562. The average Bonchev–Trinajstić information content (AvgIpc) is 2.55. The summed E-state index contributed by atoms with van der Waals surface area (Å²) in [5.74, 6) is 0.0904.